The van der Waals surface area contributed by atoms with Crippen LogP contribution >= 0.6 is 0 Å². The van der Waals surface area contributed by atoms with Gasteiger partial charge in [0, 0.05) is 17.3 Å². The molecule has 1 aliphatic rings. The predicted molar refractivity (Wildman–Crippen MR) is 153 cm³/mol. The molecule has 2 amide bonds. The van der Waals surface area contributed by atoms with E-state index in [4.69, 9.17) is 0 Å². The van der Waals surface area contributed by atoms with Gasteiger partial charge < -0.3 is 16.0 Å². The number of unbranched alkanes of at least 4 members (excludes halogenated alkanes) is 13. The molecule has 0 saturated heterocycles. The predicted octanol–water partition coefficient (Wildman–Crippen LogP) is 7.76. The molecule has 0 atom stereocenters. The first-order chi connectivity index (χ1) is 17.7. The molecule has 0 aromatic heterocycles. The van der Waals surface area contributed by atoms with Crippen LogP contribution in [0.15, 0.2) is 24.3 Å². The van der Waals surface area contributed by atoms with Gasteiger partial charge in [-0.3, -0.25) is 9.59 Å². The monoisotopic (exact) mass is 499 g/mol. The molecule has 1 fully saturated rings. The Morgan fingerprint density at radius 3 is 1.97 bits per heavy atom. The molecule has 0 aliphatic heterocycles. The first-order valence-corrected chi connectivity index (χ1v) is 15.1. The number of nitrogens with one attached hydrogen (secondary N) is 3. The zero-order chi connectivity index (χ0) is 25.7. The van der Waals surface area contributed by atoms with Crippen LogP contribution in [-0.4, -0.2) is 30.9 Å². The van der Waals surface area contributed by atoms with Crippen LogP contribution in [0.3, 0.4) is 0 Å². The van der Waals surface area contributed by atoms with Gasteiger partial charge in [-0.25, -0.2) is 0 Å². The fourth-order valence-electron chi connectivity index (χ4n) is 5.11. The zero-order valence-corrected chi connectivity index (χ0v) is 23.1. The molecule has 3 N–H and O–H groups in total. The third-order valence-corrected chi connectivity index (χ3v) is 7.34. The molecule has 5 nitrogen and oxygen atoms in total. The Bertz CT molecular complexity index is 716. The molecule has 5 heteroatoms. The van der Waals surface area contributed by atoms with E-state index >= 15 is 0 Å². The summed E-state index contributed by atoms with van der Waals surface area (Å²) < 4.78 is 0. The lowest BCUT2D eigenvalue weighted by molar-refractivity contribution is -0.115. The van der Waals surface area contributed by atoms with Gasteiger partial charge >= 0.3 is 0 Å². The molecule has 1 aliphatic carbocycles. The minimum atomic E-state index is -0.0646. The number of carbonyl (C=O) groups is 2. The Morgan fingerprint density at radius 1 is 0.778 bits per heavy atom. The van der Waals surface area contributed by atoms with Gasteiger partial charge in [0.05, 0.1) is 6.54 Å². The Hall–Kier alpha value is -1.88. The Balaban J connectivity index is 1.43. The standard InChI is InChI=1S/C31H53N3O2/c1-2-3-4-5-6-7-8-9-10-11-12-13-14-18-24-32-26-30(35)33-29-23-19-20-27(25-29)31(36)34-28-21-16-15-17-22-28/h19-20,23,25,28,32H,2-18,21-22,24,26H2,1H3,(H,33,35)(H,34,36). The van der Waals surface area contributed by atoms with E-state index in [1.807, 2.05) is 18.2 Å². The van der Waals surface area contributed by atoms with Crippen molar-refractivity contribution < 1.29 is 9.59 Å². The van der Waals surface area contributed by atoms with Gasteiger partial charge in [0.25, 0.3) is 5.91 Å². The van der Waals surface area contributed by atoms with Crippen LogP contribution in [-0.2, 0) is 4.79 Å². The van der Waals surface area contributed by atoms with Crippen LogP contribution in [0.4, 0.5) is 5.69 Å². The fourth-order valence-corrected chi connectivity index (χ4v) is 5.11. The molecular weight excluding hydrogens is 446 g/mol. The zero-order valence-electron chi connectivity index (χ0n) is 23.1. The summed E-state index contributed by atoms with van der Waals surface area (Å²) in [7, 11) is 0. The number of anilines is 1. The Labute approximate surface area is 221 Å². The maximum atomic E-state index is 12.6. The molecule has 2 rings (SSSR count). The summed E-state index contributed by atoms with van der Waals surface area (Å²) >= 11 is 0. The summed E-state index contributed by atoms with van der Waals surface area (Å²) in [6.45, 7) is 3.45. The Kier molecular flexibility index (Phi) is 17.0. The summed E-state index contributed by atoms with van der Waals surface area (Å²) in [5, 5.41) is 9.30. The smallest absolute Gasteiger partial charge is 0.251 e. The van der Waals surface area contributed by atoms with Crippen LogP contribution in [0.2, 0.25) is 0 Å². The van der Waals surface area contributed by atoms with E-state index in [0.717, 1.165) is 25.8 Å². The van der Waals surface area contributed by atoms with Crippen molar-refractivity contribution >= 4 is 17.5 Å². The lowest BCUT2D eigenvalue weighted by Crippen LogP contribution is -2.36. The van der Waals surface area contributed by atoms with Crippen LogP contribution in [0.5, 0.6) is 0 Å². The van der Waals surface area contributed by atoms with Crippen molar-refractivity contribution in [1.82, 2.24) is 10.6 Å². The van der Waals surface area contributed by atoms with Gasteiger partial charge in [-0.05, 0) is 44.0 Å². The molecule has 1 aromatic rings. The van der Waals surface area contributed by atoms with E-state index in [1.54, 1.807) is 6.07 Å². The van der Waals surface area contributed by atoms with E-state index in [2.05, 4.69) is 22.9 Å². The molecule has 0 bridgehead atoms. The Morgan fingerprint density at radius 2 is 1.36 bits per heavy atom. The van der Waals surface area contributed by atoms with E-state index in [-0.39, 0.29) is 17.9 Å². The minimum Gasteiger partial charge on any atom is -0.349 e. The van der Waals surface area contributed by atoms with Crippen LogP contribution in [0, 0.1) is 0 Å². The number of carbonyl (C=O) groups excluding carboxylic acids is 2. The number of amides is 2. The lowest BCUT2D eigenvalue weighted by atomic mass is 9.95. The van der Waals surface area contributed by atoms with E-state index < -0.39 is 0 Å². The molecule has 36 heavy (non-hydrogen) atoms. The molecule has 0 unspecified atom stereocenters. The third-order valence-electron chi connectivity index (χ3n) is 7.34. The quantitative estimate of drug-likeness (QED) is 0.161. The first kappa shape index (κ1) is 30.3. The molecule has 0 spiro atoms. The summed E-state index contributed by atoms with van der Waals surface area (Å²) in [6, 6.07) is 7.52. The second-order valence-electron chi connectivity index (χ2n) is 10.7. The van der Waals surface area contributed by atoms with Gasteiger partial charge in [0.15, 0.2) is 0 Å². The molecule has 204 valence electrons. The summed E-state index contributed by atoms with van der Waals surface area (Å²) in [5.41, 5.74) is 1.28. The topological polar surface area (TPSA) is 70.2 Å². The van der Waals surface area contributed by atoms with Crippen LogP contribution < -0.4 is 16.0 Å². The highest BCUT2D eigenvalue weighted by Crippen LogP contribution is 2.18. The molecular formula is C31H53N3O2. The van der Waals surface area contributed by atoms with Crippen molar-refractivity contribution in [1.29, 1.82) is 0 Å². The molecule has 0 heterocycles. The third kappa shape index (κ3) is 14.6. The highest BCUT2D eigenvalue weighted by Gasteiger charge is 2.17. The second-order valence-corrected chi connectivity index (χ2v) is 10.7. The van der Waals surface area contributed by atoms with E-state index in [0.29, 0.717) is 17.8 Å². The highest BCUT2D eigenvalue weighted by atomic mass is 16.2. The average Bonchev–Trinajstić information content (AvgIpc) is 2.89. The fraction of sp³-hybridized carbons (Fsp3) is 0.742. The number of benzene rings is 1. The van der Waals surface area contributed by atoms with Crippen molar-refractivity contribution in [2.75, 3.05) is 18.4 Å². The van der Waals surface area contributed by atoms with Crippen molar-refractivity contribution in [3.8, 4) is 0 Å². The highest BCUT2D eigenvalue weighted by molar-refractivity contribution is 5.97. The second kappa shape index (κ2) is 20.2. The average molecular weight is 500 g/mol. The maximum Gasteiger partial charge on any atom is 0.251 e. The summed E-state index contributed by atoms with van der Waals surface area (Å²) in [4.78, 5) is 24.8. The number of hydrogen-bond donors (Lipinski definition) is 3. The molecule has 1 saturated carbocycles. The number of rotatable bonds is 20. The molecule has 1 aromatic carbocycles. The SMILES string of the molecule is CCCCCCCCCCCCCCCCNCC(=O)Nc1cccc(C(=O)NC2CCCCC2)c1. The largest absolute Gasteiger partial charge is 0.349 e. The van der Waals surface area contributed by atoms with Crippen molar-refractivity contribution in [3.63, 3.8) is 0 Å². The minimum absolute atomic E-state index is 0.0473. The normalized spacial score (nSPS) is 14.0. The van der Waals surface area contributed by atoms with Crippen molar-refractivity contribution in [2.45, 2.75) is 135 Å². The summed E-state index contributed by atoms with van der Waals surface area (Å²) in [5.74, 6) is -0.112. The van der Waals surface area contributed by atoms with E-state index in [1.165, 1.54) is 103 Å². The number of hydrogen-bond acceptors (Lipinski definition) is 3. The van der Waals surface area contributed by atoms with E-state index in [9.17, 15) is 9.59 Å². The van der Waals surface area contributed by atoms with Crippen LogP contribution in [0.25, 0.3) is 0 Å². The van der Waals surface area contributed by atoms with Gasteiger partial charge in [-0.15, -0.1) is 0 Å². The van der Waals surface area contributed by atoms with Gasteiger partial charge in [0.2, 0.25) is 5.91 Å². The lowest BCUT2D eigenvalue weighted by Gasteiger charge is -2.22. The van der Waals surface area contributed by atoms with Gasteiger partial charge in [-0.1, -0.05) is 116 Å². The van der Waals surface area contributed by atoms with Crippen molar-refractivity contribution in [3.05, 3.63) is 29.8 Å². The van der Waals surface area contributed by atoms with Gasteiger partial charge in [-0.2, -0.15) is 0 Å². The first-order valence-electron chi connectivity index (χ1n) is 15.1. The van der Waals surface area contributed by atoms with Gasteiger partial charge in [0.1, 0.15) is 0 Å². The maximum absolute atomic E-state index is 12.6. The molecule has 0 radical (unpaired) electrons. The summed E-state index contributed by atoms with van der Waals surface area (Å²) in [6.07, 6.45) is 24.7. The van der Waals surface area contributed by atoms with Crippen LogP contribution in [0.1, 0.15) is 139 Å². The van der Waals surface area contributed by atoms with Crippen molar-refractivity contribution in [2.24, 2.45) is 0 Å².